The molecule has 0 bridgehead atoms. The minimum Gasteiger partial charge on any atom is -0.450 e. The van der Waals surface area contributed by atoms with Gasteiger partial charge in [0.25, 0.3) is 0 Å². The van der Waals surface area contributed by atoms with E-state index >= 15 is 0 Å². The Hall–Kier alpha value is -2.63. The first-order chi connectivity index (χ1) is 15.1. The Bertz CT molecular complexity index is 872. The van der Waals surface area contributed by atoms with E-state index in [1.807, 2.05) is 13.0 Å². The molecule has 2 N–H and O–H groups in total. The van der Waals surface area contributed by atoms with Crippen LogP contribution in [0, 0.1) is 5.82 Å². The fraction of sp³-hybridized carbons (Fsp3) is 0.409. The molecule has 1 aromatic carbocycles. The summed E-state index contributed by atoms with van der Waals surface area (Å²) in [5.74, 6) is 1.35. The molecule has 1 aliphatic rings. The van der Waals surface area contributed by atoms with Crippen molar-refractivity contribution < 1.29 is 18.7 Å². The highest BCUT2D eigenvalue weighted by Crippen LogP contribution is 2.19. The number of aromatic nitrogens is 1. The normalized spacial score (nSPS) is 14.3. The van der Waals surface area contributed by atoms with E-state index < -0.39 is 0 Å². The number of guanidine groups is 1. The molecule has 1 amide bonds. The molecule has 10 heteroatoms. The predicted octanol–water partition coefficient (Wildman–Crippen LogP) is 3.92. The SMILES string of the molecule is CCOC(=O)N1CCC(NC(=NC)NCc2ccc(Oc3ccc(F)cc3)nc2)CC1.I. The number of carbonyl (C=O) groups is 1. The zero-order valence-corrected chi connectivity index (χ0v) is 20.5. The van der Waals surface area contributed by atoms with Crippen LogP contribution in [0.3, 0.4) is 0 Å². The molecule has 0 atom stereocenters. The van der Waals surface area contributed by atoms with Gasteiger partial charge in [0.2, 0.25) is 5.88 Å². The highest BCUT2D eigenvalue weighted by Gasteiger charge is 2.24. The monoisotopic (exact) mass is 557 g/mol. The van der Waals surface area contributed by atoms with Crippen molar-refractivity contribution in [3.05, 3.63) is 54.0 Å². The van der Waals surface area contributed by atoms with E-state index in [2.05, 4.69) is 20.6 Å². The van der Waals surface area contributed by atoms with Crippen molar-refractivity contribution >= 4 is 36.0 Å². The summed E-state index contributed by atoms with van der Waals surface area (Å²) < 4.78 is 23.6. The van der Waals surface area contributed by atoms with Gasteiger partial charge < -0.3 is 25.0 Å². The number of carbonyl (C=O) groups excluding carboxylic acids is 1. The van der Waals surface area contributed by atoms with Crippen molar-refractivity contribution in [1.29, 1.82) is 0 Å². The fourth-order valence-corrected chi connectivity index (χ4v) is 3.19. The number of nitrogens with zero attached hydrogens (tertiary/aromatic N) is 3. The lowest BCUT2D eigenvalue weighted by Crippen LogP contribution is -2.49. The summed E-state index contributed by atoms with van der Waals surface area (Å²) in [4.78, 5) is 22.1. The number of ether oxygens (including phenoxy) is 2. The first-order valence-corrected chi connectivity index (χ1v) is 10.3. The highest BCUT2D eigenvalue weighted by molar-refractivity contribution is 14.0. The number of likely N-dealkylation sites (tertiary alicyclic amines) is 1. The number of pyridine rings is 1. The van der Waals surface area contributed by atoms with Gasteiger partial charge in [-0.05, 0) is 49.6 Å². The van der Waals surface area contributed by atoms with Crippen molar-refractivity contribution in [2.45, 2.75) is 32.4 Å². The van der Waals surface area contributed by atoms with Gasteiger partial charge in [-0.1, -0.05) is 6.07 Å². The summed E-state index contributed by atoms with van der Waals surface area (Å²) in [6.45, 7) is 4.07. The summed E-state index contributed by atoms with van der Waals surface area (Å²) in [7, 11) is 1.72. The predicted molar refractivity (Wildman–Crippen MR) is 131 cm³/mol. The molecule has 0 spiro atoms. The third kappa shape index (κ3) is 7.81. The number of amides is 1. The Morgan fingerprint density at radius 1 is 1.22 bits per heavy atom. The van der Waals surface area contributed by atoms with E-state index in [1.54, 1.807) is 36.3 Å². The van der Waals surface area contributed by atoms with Gasteiger partial charge in [-0.15, -0.1) is 24.0 Å². The van der Waals surface area contributed by atoms with E-state index in [9.17, 15) is 9.18 Å². The number of hydrogen-bond acceptors (Lipinski definition) is 5. The molecule has 0 unspecified atom stereocenters. The summed E-state index contributed by atoms with van der Waals surface area (Å²) >= 11 is 0. The van der Waals surface area contributed by atoms with E-state index in [4.69, 9.17) is 9.47 Å². The van der Waals surface area contributed by atoms with Gasteiger partial charge in [0.1, 0.15) is 11.6 Å². The van der Waals surface area contributed by atoms with Crippen LogP contribution in [0.4, 0.5) is 9.18 Å². The quantitative estimate of drug-likeness (QED) is 0.318. The second kappa shape index (κ2) is 13.0. The van der Waals surface area contributed by atoms with Crippen LogP contribution < -0.4 is 15.4 Å². The molecule has 0 saturated carbocycles. The smallest absolute Gasteiger partial charge is 0.409 e. The molecular formula is C22H29FIN5O3. The molecule has 3 rings (SSSR count). The van der Waals surface area contributed by atoms with Gasteiger partial charge in [-0.25, -0.2) is 14.2 Å². The maximum Gasteiger partial charge on any atom is 0.409 e. The van der Waals surface area contributed by atoms with Gasteiger partial charge in [-0.2, -0.15) is 0 Å². The van der Waals surface area contributed by atoms with E-state index in [1.165, 1.54) is 12.1 Å². The van der Waals surface area contributed by atoms with Gasteiger partial charge in [0.05, 0.1) is 6.61 Å². The molecular weight excluding hydrogens is 528 g/mol. The summed E-state index contributed by atoms with van der Waals surface area (Å²) in [6.07, 6.45) is 3.13. The maximum atomic E-state index is 13.0. The Kier molecular flexibility index (Phi) is 10.4. The number of aliphatic imine (C=N–C) groups is 1. The zero-order valence-electron chi connectivity index (χ0n) is 18.2. The third-order valence-corrected chi connectivity index (χ3v) is 4.88. The summed E-state index contributed by atoms with van der Waals surface area (Å²) in [6, 6.07) is 9.70. The van der Waals surface area contributed by atoms with E-state index in [-0.39, 0.29) is 41.9 Å². The van der Waals surface area contributed by atoms with Crippen LogP contribution in [-0.4, -0.2) is 54.7 Å². The lowest BCUT2D eigenvalue weighted by molar-refractivity contribution is 0.0963. The average molecular weight is 557 g/mol. The minimum absolute atomic E-state index is 0. The molecule has 8 nitrogen and oxygen atoms in total. The highest BCUT2D eigenvalue weighted by atomic mass is 127. The average Bonchev–Trinajstić information content (AvgIpc) is 2.79. The Labute approximate surface area is 204 Å². The van der Waals surface area contributed by atoms with Gasteiger partial charge >= 0.3 is 6.09 Å². The number of halogens is 2. The standard InChI is InChI=1S/C22H28FN5O3.HI/c1-3-30-22(29)28-12-10-18(11-13-28)27-21(24-2)26-15-16-4-9-20(25-14-16)31-19-7-5-17(23)6-8-19;/h4-9,14,18H,3,10-13,15H2,1-2H3,(H2,24,26,27);1H. The lowest BCUT2D eigenvalue weighted by atomic mass is 10.1. The molecule has 1 fully saturated rings. The van der Waals surface area contributed by atoms with Crippen molar-refractivity contribution in [1.82, 2.24) is 20.5 Å². The van der Waals surface area contributed by atoms with Crippen molar-refractivity contribution in [3.8, 4) is 11.6 Å². The van der Waals surface area contributed by atoms with Crippen LogP contribution in [0.1, 0.15) is 25.3 Å². The number of piperidine rings is 1. The molecule has 32 heavy (non-hydrogen) atoms. The maximum absolute atomic E-state index is 13.0. The molecule has 0 radical (unpaired) electrons. The van der Waals surface area contributed by atoms with Gasteiger partial charge in [-0.3, -0.25) is 4.99 Å². The molecule has 1 aromatic heterocycles. The first kappa shape index (κ1) is 25.6. The number of nitrogens with one attached hydrogen (secondary N) is 2. The van der Waals surface area contributed by atoms with Crippen LogP contribution in [0.5, 0.6) is 11.6 Å². The summed E-state index contributed by atoms with van der Waals surface area (Å²) in [5.41, 5.74) is 0.964. The van der Waals surface area contributed by atoms with Gasteiger partial charge in [0.15, 0.2) is 5.96 Å². The molecule has 2 aromatic rings. The van der Waals surface area contributed by atoms with E-state index in [0.717, 1.165) is 18.4 Å². The minimum atomic E-state index is -0.312. The second-order valence-electron chi connectivity index (χ2n) is 7.09. The molecule has 174 valence electrons. The first-order valence-electron chi connectivity index (χ1n) is 10.3. The Balaban J connectivity index is 0.00000363. The second-order valence-corrected chi connectivity index (χ2v) is 7.09. The largest absolute Gasteiger partial charge is 0.450 e. The molecule has 1 saturated heterocycles. The van der Waals surface area contributed by atoms with Crippen LogP contribution in [0.15, 0.2) is 47.6 Å². The van der Waals surface area contributed by atoms with Crippen molar-refractivity contribution in [2.24, 2.45) is 4.99 Å². The van der Waals surface area contributed by atoms with Crippen LogP contribution in [0.2, 0.25) is 0 Å². The Morgan fingerprint density at radius 2 is 1.94 bits per heavy atom. The van der Waals surface area contributed by atoms with Crippen LogP contribution in [0.25, 0.3) is 0 Å². The molecule has 2 heterocycles. The fourth-order valence-electron chi connectivity index (χ4n) is 3.19. The summed E-state index contributed by atoms with van der Waals surface area (Å²) in [5, 5.41) is 6.67. The lowest BCUT2D eigenvalue weighted by Gasteiger charge is -2.32. The van der Waals surface area contributed by atoms with Crippen LogP contribution >= 0.6 is 24.0 Å². The van der Waals surface area contributed by atoms with E-state index in [0.29, 0.717) is 43.8 Å². The zero-order chi connectivity index (χ0) is 22.1. The number of rotatable bonds is 6. The van der Waals surface area contributed by atoms with Crippen molar-refractivity contribution in [3.63, 3.8) is 0 Å². The number of benzene rings is 1. The molecule has 0 aliphatic carbocycles. The van der Waals surface area contributed by atoms with Gasteiger partial charge in [0, 0.05) is 45.0 Å². The number of hydrogen-bond donors (Lipinski definition) is 2. The van der Waals surface area contributed by atoms with Crippen molar-refractivity contribution in [2.75, 3.05) is 26.7 Å². The molecule has 1 aliphatic heterocycles. The van der Waals surface area contributed by atoms with Crippen LogP contribution in [-0.2, 0) is 11.3 Å². The topological polar surface area (TPSA) is 88.1 Å². The third-order valence-electron chi connectivity index (χ3n) is 4.88. The Morgan fingerprint density at radius 3 is 2.53 bits per heavy atom.